The van der Waals surface area contributed by atoms with Gasteiger partial charge in [-0.15, -0.1) is 0 Å². The summed E-state index contributed by atoms with van der Waals surface area (Å²) in [5, 5.41) is 12.0. The van der Waals surface area contributed by atoms with E-state index in [9.17, 15) is 0 Å². The normalized spacial score (nSPS) is 5.00. The standard InChI is InChI=1S/CH2O.Na.H2O3S.H2O2.H/c1-2;;1-4(2)3;1-2;/h1H2;;(H2,1,2,3);1-2H;/q;+1;;;-1. The fraction of sp³-hybridized carbons (Fsp3) is 0. The second-order valence-electron chi connectivity index (χ2n) is 0.231. The summed E-state index contributed by atoms with van der Waals surface area (Å²) in [4.78, 5) is 8.00. The Morgan fingerprint density at radius 2 is 1.22 bits per heavy atom. The first kappa shape index (κ1) is 22.6. The van der Waals surface area contributed by atoms with Crippen molar-refractivity contribution in [1.29, 1.82) is 0 Å². The van der Waals surface area contributed by atoms with E-state index in [-0.39, 0.29) is 31.0 Å². The van der Waals surface area contributed by atoms with Gasteiger partial charge in [0.1, 0.15) is 6.79 Å². The Morgan fingerprint density at radius 1 is 1.22 bits per heavy atom. The first-order valence-corrected chi connectivity index (χ1v) is 2.08. The van der Waals surface area contributed by atoms with Crippen LogP contribution < -0.4 is 29.6 Å². The summed E-state index contributed by atoms with van der Waals surface area (Å²) in [6.45, 7) is 2.00. The average molecular weight is 170 g/mol. The summed E-state index contributed by atoms with van der Waals surface area (Å²) < 4.78 is 22.8. The van der Waals surface area contributed by atoms with Crippen LogP contribution in [0, 0.1) is 0 Å². The summed E-state index contributed by atoms with van der Waals surface area (Å²) in [6, 6.07) is 0. The van der Waals surface area contributed by atoms with Crippen LogP contribution >= 0.6 is 0 Å². The minimum atomic E-state index is -2.61. The van der Waals surface area contributed by atoms with Gasteiger partial charge < -0.3 is 6.22 Å². The van der Waals surface area contributed by atoms with Crippen molar-refractivity contribution in [3.8, 4) is 0 Å². The Bertz CT molecular complexity index is 49.0. The van der Waals surface area contributed by atoms with Crippen LogP contribution in [-0.4, -0.2) is 30.6 Å². The average Bonchev–Trinajstić information content (AvgIpc) is 1.75. The fourth-order valence-electron chi connectivity index (χ4n) is 0. The number of rotatable bonds is 0. The van der Waals surface area contributed by atoms with E-state index < -0.39 is 11.4 Å². The first-order chi connectivity index (χ1) is 3.73. The van der Waals surface area contributed by atoms with Gasteiger partial charge >= 0.3 is 29.6 Å². The zero-order chi connectivity index (χ0) is 7.58. The van der Waals surface area contributed by atoms with E-state index in [0.29, 0.717) is 0 Å². The first-order valence-electron chi connectivity index (χ1n) is 1.02. The molecular weight excluding hydrogens is 163 g/mol. The Morgan fingerprint density at radius 3 is 1.22 bits per heavy atom. The molecule has 0 amide bonds. The molecule has 6 nitrogen and oxygen atoms in total. The molecule has 0 aromatic carbocycles. The van der Waals surface area contributed by atoms with E-state index in [1.54, 1.807) is 0 Å². The molecular formula is CH7NaO6S. The third kappa shape index (κ3) is 882. The van der Waals surface area contributed by atoms with Gasteiger partial charge in [0.05, 0.1) is 0 Å². The molecule has 0 aliphatic rings. The van der Waals surface area contributed by atoms with Crippen molar-refractivity contribution in [2.75, 3.05) is 0 Å². The van der Waals surface area contributed by atoms with Crippen molar-refractivity contribution in [3.05, 3.63) is 0 Å². The molecule has 0 radical (unpaired) electrons. The summed E-state index contributed by atoms with van der Waals surface area (Å²) >= 11 is -2.61. The second kappa shape index (κ2) is 37.9. The third-order valence-corrected chi connectivity index (χ3v) is 0. The molecule has 8 heteroatoms. The van der Waals surface area contributed by atoms with Crippen LogP contribution in [0.1, 0.15) is 1.43 Å². The van der Waals surface area contributed by atoms with Crippen LogP contribution in [0.2, 0.25) is 0 Å². The molecule has 0 spiro atoms. The Labute approximate surface area is 77.7 Å². The van der Waals surface area contributed by atoms with Crippen molar-refractivity contribution in [3.63, 3.8) is 0 Å². The Balaban J connectivity index is -0.0000000125. The van der Waals surface area contributed by atoms with Crippen LogP contribution in [0.5, 0.6) is 0 Å². The Hall–Kier alpha value is 0.660. The molecule has 0 saturated carbocycles. The molecule has 0 bridgehead atoms. The van der Waals surface area contributed by atoms with Crippen molar-refractivity contribution < 1.29 is 59.6 Å². The van der Waals surface area contributed by atoms with Crippen molar-refractivity contribution in [1.82, 2.24) is 0 Å². The van der Waals surface area contributed by atoms with E-state index in [1.807, 2.05) is 6.79 Å². The predicted octanol–water partition coefficient (Wildman–Crippen LogP) is -3.37. The number of hydrogen-bond acceptors (Lipinski definition) is 4. The number of carbonyl (C=O) groups is 1. The molecule has 0 fully saturated rings. The molecule has 0 aromatic heterocycles. The van der Waals surface area contributed by atoms with E-state index in [2.05, 4.69) is 0 Å². The molecule has 0 aromatic rings. The van der Waals surface area contributed by atoms with Crippen LogP contribution in [0.15, 0.2) is 0 Å². The maximum atomic E-state index is 8.67. The van der Waals surface area contributed by atoms with Crippen LogP contribution in [0.3, 0.4) is 0 Å². The molecule has 0 atom stereocenters. The maximum absolute atomic E-state index is 8.67. The van der Waals surface area contributed by atoms with E-state index >= 15 is 0 Å². The number of carbonyl (C=O) groups excluding carboxylic acids is 1. The zero-order valence-electron chi connectivity index (χ0n) is 5.72. The van der Waals surface area contributed by atoms with Gasteiger partial charge in [-0.1, -0.05) is 0 Å². The van der Waals surface area contributed by atoms with Crippen LogP contribution in [0.4, 0.5) is 0 Å². The van der Waals surface area contributed by atoms with Gasteiger partial charge in [0.25, 0.3) is 11.4 Å². The summed E-state index contributed by atoms with van der Waals surface area (Å²) in [7, 11) is 0. The van der Waals surface area contributed by atoms with Crippen LogP contribution in [-0.2, 0) is 16.2 Å². The van der Waals surface area contributed by atoms with Gasteiger partial charge in [0, 0.05) is 0 Å². The van der Waals surface area contributed by atoms with Gasteiger partial charge in [-0.05, 0) is 0 Å². The van der Waals surface area contributed by atoms with E-state index in [1.165, 1.54) is 0 Å². The van der Waals surface area contributed by atoms with Crippen molar-refractivity contribution in [2.24, 2.45) is 0 Å². The predicted molar refractivity (Wildman–Crippen MR) is 26.9 cm³/mol. The minimum Gasteiger partial charge on any atom is -1.00 e. The smallest absolute Gasteiger partial charge is 1.00 e. The SMILES string of the molecule is C=O.O=S(O)O.OO.[H-].[Na+]. The molecule has 0 saturated heterocycles. The minimum absolute atomic E-state index is 0. The van der Waals surface area contributed by atoms with Gasteiger partial charge in [-0.25, -0.2) is 0 Å². The fourth-order valence-corrected chi connectivity index (χ4v) is 0. The summed E-state index contributed by atoms with van der Waals surface area (Å²) in [5.74, 6) is 0. The van der Waals surface area contributed by atoms with Gasteiger partial charge in [-0.3, -0.25) is 19.6 Å². The summed E-state index contributed by atoms with van der Waals surface area (Å²) in [6.07, 6.45) is 0. The molecule has 4 N–H and O–H groups in total. The molecule has 9 heavy (non-hydrogen) atoms. The monoisotopic (exact) mass is 170 g/mol. The van der Waals surface area contributed by atoms with Crippen molar-refractivity contribution >= 4 is 18.2 Å². The molecule has 0 aliphatic heterocycles. The van der Waals surface area contributed by atoms with E-state index in [0.717, 1.165) is 0 Å². The maximum Gasteiger partial charge on any atom is 1.00 e. The van der Waals surface area contributed by atoms with Crippen LogP contribution in [0.25, 0.3) is 0 Å². The third-order valence-electron chi connectivity index (χ3n) is 0. The largest absolute Gasteiger partial charge is 1.00 e. The van der Waals surface area contributed by atoms with Gasteiger partial charge in [0.15, 0.2) is 0 Å². The number of hydrogen-bond donors (Lipinski definition) is 4. The molecule has 0 rings (SSSR count). The molecule has 54 valence electrons. The topological polar surface area (TPSA) is 115 Å². The van der Waals surface area contributed by atoms with Gasteiger partial charge in [0.2, 0.25) is 0 Å². The quantitative estimate of drug-likeness (QED) is 0.130. The van der Waals surface area contributed by atoms with E-state index in [4.69, 9.17) is 28.6 Å². The summed E-state index contributed by atoms with van der Waals surface area (Å²) in [5.41, 5.74) is 0. The zero-order valence-corrected chi connectivity index (χ0v) is 7.54. The van der Waals surface area contributed by atoms with Gasteiger partial charge in [-0.2, -0.15) is 4.21 Å². The van der Waals surface area contributed by atoms with Crippen molar-refractivity contribution in [2.45, 2.75) is 0 Å². The molecule has 0 unspecified atom stereocenters. The second-order valence-corrected chi connectivity index (χ2v) is 0.692. The Kier molecular flexibility index (Phi) is 95.3. The molecule has 0 aliphatic carbocycles. The molecule has 0 heterocycles.